The van der Waals surface area contributed by atoms with Gasteiger partial charge in [-0.15, -0.1) is 13.2 Å². The van der Waals surface area contributed by atoms with E-state index >= 15 is 0 Å². The number of nitrogens with zero attached hydrogens (tertiary/aromatic N) is 9. The molecule has 26 heteroatoms. The molecule has 0 heterocycles. The Balaban J connectivity index is 6.46. The van der Waals surface area contributed by atoms with Gasteiger partial charge in [0.05, 0.1) is 0 Å². The lowest BCUT2D eigenvalue weighted by atomic mass is 10.5. The predicted molar refractivity (Wildman–Crippen MR) is 249 cm³/mol. The Hall–Kier alpha value is -0.958. The van der Waals surface area contributed by atoms with Crippen molar-refractivity contribution in [3.8, 4) is 0 Å². The second-order valence-corrected chi connectivity index (χ2v) is 51.4. The van der Waals surface area contributed by atoms with Crippen LogP contribution >= 0.6 is 0 Å². The van der Waals surface area contributed by atoms with Crippen molar-refractivity contribution in [2.24, 2.45) is 15.3 Å². The van der Waals surface area contributed by atoms with Gasteiger partial charge in [0.15, 0.2) is 16.6 Å². The fraction of sp³-hybridized carbons (Fsp3) is 0.867. The van der Waals surface area contributed by atoms with Gasteiger partial charge in [-0.3, -0.25) is 0 Å². The standard InChI is InChI=1S/C30H73N9O8Si9/c1-18-26-48(3,4)40-54(15,28-20-23-34-37-31)44-50(7,8)42-52(11,12)46-56(17,30-22-25-36-39-33)47-53(13,14)43-51(9,10)45-55(16,29-21-24-35-38-32)41-49(5,6)27-19-2/h18-19H,1-2,20-30H2,3-17H3. The highest BCUT2D eigenvalue weighted by atomic mass is 28.5. The largest absolute Gasteiger partial charge is 0.436 e. The zero-order valence-corrected chi connectivity index (χ0v) is 46.1. The summed E-state index contributed by atoms with van der Waals surface area (Å²) in [7, 11) is -24.6. The molecule has 0 N–H and O–H groups in total. The molecule has 0 aromatic carbocycles. The summed E-state index contributed by atoms with van der Waals surface area (Å²) in [6, 6.07) is 3.44. The first-order valence-corrected chi connectivity index (χ1v) is 44.4. The molecule has 322 valence electrons. The lowest BCUT2D eigenvalue weighted by Gasteiger charge is -2.46. The van der Waals surface area contributed by atoms with Gasteiger partial charge in [-0.05, 0) is 164 Å². The molecule has 0 aliphatic carbocycles. The minimum Gasteiger partial charge on any atom is -0.436 e. The van der Waals surface area contributed by atoms with Crippen molar-refractivity contribution in [2.75, 3.05) is 19.6 Å². The van der Waals surface area contributed by atoms with E-state index in [0.29, 0.717) is 57.0 Å². The number of hydrogen-bond acceptors (Lipinski definition) is 11. The normalized spacial score (nSPS) is 16.3. The molecule has 0 bridgehead atoms. The Morgan fingerprint density at radius 1 is 0.411 bits per heavy atom. The zero-order chi connectivity index (χ0) is 43.6. The Kier molecular flexibility index (Phi) is 23.3. The topological polar surface area (TPSA) is 220 Å². The zero-order valence-electron chi connectivity index (χ0n) is 37.1. The lowest BCUT2D eigenvalue weighted by Crippen LogP contribution is -2.63. The molecule has 0 fully saturated rings. The van der Waals surface area contributed by atoms with Crippen LogP contribution in [0, 0.1) is 0 Å². The minimum absolute atomic E-state index is 0.313. The summed E-state index contributed by atoms with van der Waals surface area (Å²) in [5, 5.41) is 11.2. The van der Waals surface area contributed by atoms with Gasteiger partial charge in [-0.1, -0.05) is 27.5 Å². The highest BCUT2D eigenvalue weighted by Crippen LogP contribution is 2.34. The van der Waals surface area contributed by atoms with Gasteiger partial charge in [-0.25, -0.2) is 0 Å². The van der Waals surface area contributed by atoms with Crippen LogP contribution < -0.4 is 0 Å². The first-order chi connectivity index (χ1) is 25.5. The molecule has 0 saturated carbocycles. The van der Waals surface area contributed by atoms with Crippen LogP contribution in [0.5, 0.6) is 0 Å². The summed E-state index contributed by atoms with van der Waals surface area (Å²) in [5.41, 5.74) is 26.6. The van der Waals surface area contributed by atoms with Gasteiger partial charge >= 0.3 is 59.9 Å². The van der Waals surface area contributed by atoms with E-state index in [0.717, 1.165) is 12.1 Å². The van der Waals surface area contributed by atoms with E-state index in [-0.39, 0.29) is 0 Å². The average molecular weight is 941 g/mol. The molecule has 0 spiro atoms. The van der Waals surface area contributed by atoms with Crippen LogP contribution in [0.25, 0.3) is 31.3 Å². The third-order valence-electron chi connectivity index (χ3n) is 7.94. The molecule has 0 aliphatic heterocycles. The van der Waals surface area contributed by atoms with Crippen LogP contribution in [0.4, 0.5) is 0 Å². The van der Waals surface area contributed by atoms with Crippen LogP contribution in [-0.4, -0.2) is 96.2 Å². The number of allylic oxidation sites excluding steroid dienone is 2. The molecule has 2 unspecified atom stereocenters. The number of azide groups is 3. The van der Waals surface area contributed by atoms with E-state index in [4.69, 9.17) is 49.5 Å². The van der Waals surface area contributed by atoms with Crippen LogP contribution in [0.2, 0.25) is 128 Å². The molecule has 56 heavy (non-hydrogen) atoms. The van der Waals surface area contributed by atoms with Crippen molar-refractivity contribution in [1.29, 1.82) is 0 Å². The van der Waals surface area contributed by atoms with Crippen LogP contribution in [-0.2, 0) is 32.9 Å². The monoisotopic (exact) mass is 939 g/mol. The lowest BCUT2D eigenvalue weighted by molar-refractivity contribution is 0.254. The smallest absolute Gasteiger partial charge is 0.317 e. The van der Waals surface area contributed by atoms with Gasteiger partial charge < -0.3 is 32.9 Å². The highest BCUT2D eigenvalue weighted by molar-refractivity contribution is 6.93. The molecule has 0 amide bonds. The molecule has 0 aromatic heterocycles. The predicted octanol–water partition coefficient (Wildman–Crippen LogP) is 12.0. The summed E-state index contributed by atoms with van der Waals surface area (Å²) in [4.78, 5) is 8.76. The van der Waals surface area contributed by atoms with Gasteiger partial charge in [0.2, 0.25) is 0 Å². The van der Waals surface area contributed by atoms with Gasteiger partial charge in [0, 0.05) is 34.4 Å². The maximum atomic E-state index is 8.97. The van der Waals surface area contributed by atoms with E-state index in [1.807, 2.05) is 71.1 Å². The molecule has 0 radical (unpaired) electrons. The third-order valence-corrected chi connectivity index (χ3v) is 44.8. The number of rotatable bonds is 32. The maximum absolute atomic E-state index is 8.97. The Morgan fingerprint density at radius 2 is 0.643 bits per heavy atom. The molecular weight excluding hydrogens is 867 g/mol. The van der Waals surface area contributed by atoms with Crippen LogP contribution in [0.3, 0.4) is 0 Å². The van der Waals surface area contributed by atoms with Crippen molar-refractivity contribution >= 4 is 76.6 Å². The first-order valence-electron chi connectivity index (χ1n) is 19.3. The van der Waals surface area contributed by atoms with E-state index in [9.17, 15) is 0 Å². The minimum atomic E-state index is -3.06. The quantitative estimate of drug-likeness (QED) is 0.0157. The molecule has 0 rings (SSSR count). The number of hydrogen-bond donors (Lipinski definition) is 0. The summed E-state index contributed by atoms with van der Waals surface area (Å²) < 4.78 is 55.7. The van der Waals surface area contributed by atoms with E-state index in [1.165, 1.54) is 0 Å². The molecule has 0 saturated heterocycles. The molecule has 2 atom stereocenters. The summed E-state index contributed by atoms with van der Waals surface area (Å²) in [6.45, 7) is 39.9. The molecule has 0 aliphatic rings. The van der Waals surface area contributed by atoms with Crippen molar-refractivity contribution in [3.05, 3.63) is 56.6 Å². The second kappa shape index (κ2) is 23.7. The molecular formula is C30H73N9O8Si9. The fourth-order valence-corrected chi connectivity index (χ4v) is 53.4. The van der Waals surface area contributed by atoms with Crippen molar-refractivity contribution in [1.82, 2.24) is 0 Å². The molecule has 17 nitrogen and oxygen atoms in total. The van der Waals surface area contributed by atoms with Crippen molar-refractivity contribution in [2.45, 2.75) is 148 Å². The highest BCUT2D eigenvalue weighted by Gasteiger charge is 2.52. The summed E-state index contributed by atoms with van der Waals surface area (Å²) in [6.07, 6.45) is 5.68. The average Bonchev–Trinajstić information content (AvgIpc) is 2.96. The Labute approximate surface area is 347 Å². The SMILES string of the molecule is C=CC[Si](C)(C)O[Si](C)(CCCN=[N+]=[N-])O[Si](C)(C)O[Si](C)(C)O[Si](C)(CCCN=[N+]=[N-])O[Si](C)(C)O[Si](C)(C)O[Si](C)(CCCN=[N+]=[N-])O[Si](C)(C)CC=C. The van der Waals surface area contributed by atoms with E-state index < -0.39 is 76.6 Å². The van der Waals surface area contributed by atoms with E-state index in [2.05, 4.69) is 82.5 Å². The van der Waals surface area contributed by atoms with Gasteiger partial charge in [0.1, 0.15) is 0 Å². The molecule has 0 aromatic rings. The summed E-state index contributed by atoms with van der Waals surface area (Å²) >= 11 is 0. The Bertz CT molecular complexity index is 1330. The second-order valence-electron chi connectivity index (χ2n) is 17.5. The van der Waals surface area contributed by atoms with E-state index in [1.54, 1.807) is 0 Å². The van der Waals surface area contributed by atoms with Crippen LogP contribution in [0.15, 0.2) is 40.7 Å². The third kappa shape index (κ3) is 24.8. The fourth-order valence-electron chi connectivity index (χ4n) is 7.21. The van der Waals surface area contributed by atoms with Crippen LogP contribution in [0.1, 0.15) is 19.3 Å². The van der Waals surface area contributed by atoms with Gasteiger partial charge in [-0.2, -0.15) is 0 Å². The first kappa shape index (κ1) is 55.0. The Morgan fingerprint density at radius 3 is 0.857 bits per heavy atom. The van der Waals surface area contributed by atoms with Crippen molar-refractivity contribution < 1.29 is 32.9 Å². The summed E-state index contributed by atoms with van der Waals surface area (Å²) in [5.74, 6) is 0. The van der Waals surface area contributed by atoms with Crippen molar-refractivity contribution in [3.63, 3.8) is 0 Å². The maximum Gasteiger partial charge on any atom is 0.317 e. The van der Waals surface area contributed by atoms with Gasteiger partial charge in [0.25, 0.3) is 0 Å².